The zero-order valence-electron chi connectivity index (χ0n) is 19.0. The number of carbonyl (C=O) groups excluding carboxylic acids is 3. The molecule has 7 unspecified atom stereocenters. The van der Waals surface area contributed by atoms with Crippen LogP contribution in [-0.4, -0.2) is 41.5 Å². The van der Waals surface area contributed by atoms with Gasteiger partial charge in [-0.2, -0.15) is 13.1 Å². The van der Waals surface area contributed by atoms with Gasteiger partial charge in [-0.15, -0.1) is 0 Å². The lowest BCUT2D eigenvalue weighted by atomic mass is 9.48. The summed E-state index contributed by atoms with van der Waals surface area (Å²) in [4.78, 5) is 37.1. The van der Waals surface area contributed by atoms with Crippen LogP contribution >= 0.6 is 12.0 Å². The van der Waals surface area contributed by atoms with Gasteiger partial charge < -0.3 is 19.5 Å². The number of ether oxygens (including phenoxy) is 3. The molecule has 35 heavy (non-hydrogen) atoms. The molecule has 0 aromatic rings. The second-order valence-electron chi connectivity index (χ2n) is 11.7. The Hall–Kier alpha value is -1.50. The molecule has 6 saturated carbocycles. The second-order valence-corrected chi connectivity index (χ2v) is 12.5. The van der Waals surface area contributed by atoms with E-state index in [-0.39, 0.29) is 60.7 Å². The average molecular weight is 518 g/mol. The topological polar surface area (TPSA) is 120 Å². The molecule has 0 radical (unpaired) electrons. The van der Waals surface area contributed by atoms with E-state index < -0.39 is 34.3 Å². The van der Waals surface area contributed by atoms with Crippen molar-refractivity contribution in [2.75, 3.05) is 6.61 Å². The van der Waals surface area contributed by atoms with Gasteiger partial charge in [0.2, 0.25) is 0 Å². The quantitative estimate of drug-likeness (QED) is 0.148. The maximum Gasteiger partial charge on any atom is 0.415 e. The van der Waals surface area contributed by atoms with Gasteiger partial charge >= 0.3 is 23.2 Å². The van der Waals surface area contributed by atoms with Gasteiger partial charge in [-0.05, 0) is 69.1 Å². The molecule has 12 heteroatoms. The van der Waals surface area contributed by atoms with Crippen LogP contribution < -0.4 is 5.26 Å². The lowest BCUT2D eigenvalue weighted by molar-refractivity contribution is -0.777. The number of carbonyl (C=O) groups is 3. The van der Waals surface area contributed by atoms with Crippen molar-refractivity contribution in [1.29, 1.82) is 0 Å². The van der Waals surface area contributed by atoms with Crippen molar-refractivity contribution >= 4 is 30.0 Å². The molecule has 7 rings (SSSR count). The van der Waals surface area contributed by atoms with Crippen LogP contribution in [0.3, 0.4) is 0 Å². The summed E-state index contributed by atoms with van der Waals surface area (Å²) in [5, 5.41) is 8.63. The molecule has 7 atom stereocenters. The van der Waals surface area contributed by atoms with Crippen LogP contribution in [0.15, 0.2) is 0 Å². The number of fused-ring (bicyclic) bond motifs is 1. The maximum atomic E-state index is 13.8. The Morgan fingerprint density at radius 1 is 1.14 bits per heavy atom. The van der Waals surface area contributed by atoms with E-state index >= 15 is 0 Å². The molecule has 7 fully saturated rings. The van der Waals surface area contributed by atoms with Gasteiger partial charge in [-0.25, -0.2) is 4.79 Å². The molecule has 0 amide bonds. The summed E-state index contributed by atoms with van der Waals surface area (Å²) in [5.41, 5.74) is -1.21. The Kier molecular flexibility index (Phi) is 5.63. The Morgan fingerprint density at radius 2 is 1.89 bits per heavy atom. The minimum absolute atomic E-state index is 0.000854. The second kappa shape index (κ2) is 8.26. The fourth-order valence-corrected chi connectivity index (χ4v) is 9.12. The third kappa shape index (κ3) is 4.04. The molecule has 9 nitrogen and oxygen atoms in total. The molecule has 0 spiro atoms. The van der Waals surface area contributed by atoms with E-state index in [4.69, 9.17) is 14.2 Å². The standard InChI is InChI=1S/C23H28F2O9S/c24-23(25,35-34-33-29)20(28)30-10-21-5-11-1-12(6-21)8-22(7-11,9-21)32-17(26)4-14-13-2-15-16(3-13)19(27)31-18(14)15/h11-16,18,29H,1-10H2/p-1. The van der Waals surface area contributed by atoms with Crippen LogP contribution in [0.2, 0.25) is 0 Å². The van der Waals surface area contributed by atoms with Gasteiger partial charge in [-0.1, -0.05) is 0 Å². The first-order chi connectivity index (χ1) is 16.6. The van der Waals surface area contributed by atoms with E-state index in [0.29, 0.717) is 12.3 Å². The molecule has 7 aliphatic rings. The highest BCUT2D eigenvalue weighted by Crippen LogP contribution is 2.63. The average Bonchev–Trinajstić information content (AvgIpc) is 3.40. The zero-order valence-corrected chi connectivity index (χ0v) is 19.8. The molecule has 6 bridgehead atoms. The number of rotatable bonds is 9. The highest BCUT2D eigenvalue weighted by molar-refractivity contribution is 7.96. The molecule has 0 aromatic heterocycles. The molecule has 6 aliphatic carbocycles. The third-order valence-electron chi connectivity index (χ3n) is 9.43. The Labute approximate surface area is 204 Å². The van der Waals surface area contributed by atoms with Crippen LogP contribution in [0.5, 0.6) is 0 Å². The van der Waals surface area contributed by atoms with E-state index in [0.717, 1.165) is 44.9 Å². The molecule has 1 aliphatic heterocycles. The summed E-state index contributed by atoms with van der Waals surface area (Å²) in [6.07, 6.45) is 6.10. The summed E-state index contributed by atoms with van der Waals surface area (Å²) in [5.74, 6) is -1.16. The van der Waals surface area contributed by atoms with E-state index in [2.05, 4.69) is 9.37 Å². The lowest BCUT2D eigenvalue weighted by Gasteiger charge is -2.60. The van der Waals surface area contributed by atoms with Crippen molar-refractivity contribution in [3.05, 3.63) is 0 Å². The highest BCUT2D eigenvalue weighted by Gasteiger charge is 2.63. The van der Waals surface area contributed by atoms with Gasteiger partial charge in [0, 0.05) is 17.3 Å². The number of esters is 3. The first kappa shape index (κ1) is 23.9. The van der Waals surface area contributed by atoms with Crippen LogP contribution in [0.1, 0.15) is 57.8 Å². The maximum absolute atomic E-state index is 13.8. The zero-order chi connectivity index (χ0) is 24.6. The molecule has 0 aromatic carbocycles. The Morgan fingerprint density at radius 3 is 2.60 bits per heavy atom. The summed E-state index contributed by atoms with van der Waals surface area (Å²) < 4.78 is 47.9. The minimum Gasteiger partial charge on any atom is -0.691 e. The van der Waals surface area contributed by atoms with E-state index in [1.165, 1.54) is 0 Å². The summed E-state index contributed by atoms with van der Waals surface area (Å²) in [6, 6.07) is 0. The van der Waals surface area contributed by atoms with Gasteiger partial charge in [0.1, 0.15) is 23.7 Å². The van der Waals surface area contributed by atoms with Gasteiger partial charge in [0.25, 0.3) is 0 Å². The number of halogens is 2. The highest BCUT2D eigenvalue weighted by atomic mass is 32.2. The Bertz CT molecular complexity index is 915. The van der Waals surface area contributed by atoms with Crippen molar-refractivity contribution in [3.8, 4) is 0 Å². The van der Waals surface area contributed by atoms with E-state index in [9.17, 15) is 28.4 Å². The van der Waals surface area contributed by atoms with E-state index in [1.807, 2.05) is 0 Å². The first-order valence-corrected chi connectivity index (χ1v) is 13.0. The first-order valence-electron chi connectivity index (χ1n) is 12.2. The number of hydrogen-bond acceptors (Lipinski definition) is 10. The largest absolute Gasteiger partial charge is 0.691 e. The minimum atomic E-state index is -4.08. The molecule has 1 saturated heterocycles. The van der Waals surface area contributed by atoms with Crippen LogP contribution in [0, 0.1) is 40.9 Å². The van der Waals surface area contributed by atoms with Crippen LogP contribution in [-0.2, 0) is 38.0 Å². The monoisotopic (exact) mass is 517 g/mol. The van der Waals surface area contributed by atoms with E-state index in [1.54, 1.807) is 0 Å². The summed E-state index contributed by atoms with van der Waals surface area (Å²) in [7, 11) is 0. The summed E-state index contributed by atoms with van der Waals surface area (Å²) >= 11 is -0.707. The molecule has 0 N–H and O–H groups in total. The Balaban J connectivity index is 1.10. The molecule has 194 valence electrons. The van der Waals surface area contributed by atoms with Gasteiger partial charge in [0.05, 0.1) is 18.9 Å². The van der Waals surface area contributed by atoms with Crippen LogP contribution in [0.4, 0.5) is 8.78 Å². The van der Waals surface area contributed by atoms with Gasteiger partial charge in [-0.3, -0.25) is 14.6 Å². The molecule has 1 heterocycles. The fourth-order valence-electron chi connectivity index (χ4n) is 8.88. The third-order valence-corrected chi connectivity index (χ3v) is 9.93. The predicted octanol–water partition coefficient (Wildman–Crippen LogP) is 2.46. The summed E-state index contributed by atoms with van der Waals surface area (Å²) in [6.45, 7) is -0.210. The smallest absolute Gasteiger partial charge is 0.415 e. The van der Waals surface area contributed by atoms with Crippen LogP contribution in [0.25, 0.3) is 0 Å². The molecular weight excluding hydrogens is 490 g/mol. The SMILES string of the molecule is O=C(CC1C2CC3C(=O)OC1C3C2)OC12CC3CC(CC(COC(=O)C(F)(F)SOO[O-])(C3)C1)C2. The fraction of sp³-hybridized carbons (Fsp3) is 0.870. The van der Waals surface area contributed by atoms with Crippen molar-refractivity contribution in [3.63, 3.8) is 0 Å². The van der Waals surface area contributed by atoms with Gasteiger partial charge in [0.15, 0.2) is 0 Å². The van der Waals surface area contributed by atoms with Crippen molar-refractivity contribution in [2.24, 2.45) is 40.9 Å². The predicted molar refractivity (Wildman–Crippen MR) is 109 cm³/mol. The normalized spacial score (nSPS) is 44.5. The van der Waals surface area contributed by atoms with Crippen molar-refractivity contribution < 1.29 is 52.0 Å². The van der Waals surface area contributed by atoms with Crippen molar-refractivity contribution in [2.45, 2.75) is 74.7 Å². The number of alkyl halides is 2. The number of hydrogen-bond donors (Lipinski definition) is 0. The van der Waals surface area contributed by atoms with Crippen molar-refractivity contribution in [1.82, 2.24) is 0 Å². The molecular formula is C23H27F2O9S-. The lowest BCUT2D eigenvalue weighted by Crippen LogP contribution is -2.59.